The highest BCUT2D eigenvalue weighted by atomic mass is 16.5. The minimum absolute atomic E-state index is 0.0345. The van der Waals surface area contributed by atoms with Crippen LogP contribution in [-0.2, 0) is 14.3 Å². The Kier molecular flexibility index (Phi) is 7.47. The van der Waals surface area contributed by atoms with E-state index >= 15 is 0 Å². The molecule has 31 heavy (non-hydrogen) atoms. The maximum Gasteiger partial charge on any atom is 0.357 e. The third-order valence-corrected chi connectivity index (χ3v) is 5.18. The molecule has 0 aliphatic heterocycles. The number of nitrogens with zero attached hydrogens (tertiary/aromatic N) is 4. The van der Waals surface area contributed by atoms with Crippen LogP contribution in [0.4, 0.5) is 4.79 Å². The Hall–Kier alpha value is -3.56. The van der Waals surface area contributed by atoms with Gasteiger partial charge < -0.3 is 10.1 Å². The standard InChI is InChI=1S/C21H26N6O4/c1-14-8-6-7-11-17(14)22-21(30)23-19(28)13-31-20(29)18(27-15(2)24-25-26-27)12-16-9-4-3-5-10-16/h3-5,9-10,12,14,17H,6-8,11,13H2,1-2H3,(H2,22,23,28,30). The van der Waals surface area contributed by atoms with E-state index in [0.717, 1.165) is 31.2 Å². The monoisotopic (exact) mass is 426 g/mol. The zero-order valence-corrected chi connectivity index (χ0v) is 17.6. The number of hydrogen-bond acceptors (Lipinski definition) is 7. The summed E-state index contributed by atoms with van der Waals surface area (Å²) in [5.74, 6) is -0.778. The Morgan fingerprint density at radius 1 is 1.19 bits per heavy atom. The third kappa shape index (κ3) is 6.21. The minimum atomic E-state index is -0.796. The predicted octanol–water partition coefficient (Wildman–Crippen LogP) is 1.93. The molecule has 10 nitrogen and oxygen atoms in total. The van der Waals surface area contributed by atoms with Gasteiger partial charge in [0.1, 0.15) is 0 Å². The number of hydrogen-bond donors (Lipinski definition) is 2. The van der Waals surface area contributed by atoms with Gasteiger partial charge in [-0.1, -0.05) is 50.1 Å². The largest absolute Gasteiger partial charge is 0.451 e. The molecule has 0 saturated heterocycles. The van der Waals surface area contributed by atoms with E-state index in [9.17, 15) is 14.4 Å². The number of ether oxygens (including phenoxy) is 1. The van der Waals surface area contributed by atoms with Crippen molar-refractivity contribution in [3.8, 4) is 0 Å². The number of tetrazole rings is 1. The van der Waals surface area contributed by atoms with Gasteiger partial charge in [-0.25, -0.2) is 9.59 Å². The van der Waals surface area contributed by atoms with E-state index in [-0.39, 0.29) is 11.7 Å². The molecule has 0 bridgehead atoms. The Balaban J connectivity index is 1.59. The summed E-state index contributed by atoms with van der Waals surface area (Å²) >= 11 is 0. The fourth-order valence-electron chi connectivity index (χ4n) is 3.47. The van der Waals surface area contributed by atoms with Gasteiger partial charge in [0.15, 0.2) is 18.1 Å². The Bertz CT molecular complexity index is 956. The number of aryl methyl sites for hydroxylation is 1. The zero-order valence-electron chi connectivity index (χ0n) is 17.6. The molecule has 1 saturated carbocycles. The number of rotatable bonds is 6. The molecule has 1 aromatic carbocycles. The van der Waals surface area contributed by atoms with Crippen molar-refractivity contribution in [2.45, 2.75) is 45.6 Å². The van der Waals surface area contributed by atoms with Crippen LogP contribution in [0.2, 0.25) is 0 Å². The van der Waals surface area contributed by atoms with Crippen LogP contribution in [0.15, 0.2) is 30.3 Å². The van der Waals surface area contributed by atoms with Crippen molar-refractivity contribution in [3.05, 3.63) is 41.7 Å². The zero-order chi connectivity index (χ0) is 22.2. The average molecular weight is 426 g/mol. The van der Waals surface area contributed by atoms with E-state index in [4.69, 9.17) is 4.74 Å². The summed E-state index contributed by atoms with van der Waals surface area (Å²) in [4.78, 5) is 36.9. The topological polar surface area (TPSA) is 128 Å². The molecule has 1 fully saturated rings. The molecular formula is C21H26N6O4. The number of nitrogens with one attached hydrogen (secondary N) is 2. The molecule has 1 aliphatic rings. The number of carbonyl (C=O) groups excluding carboxylic acids is 3. The molecule has 164 valence electrons. The van der Waals surface area contributed by atoms with Crippen molar-refractivity contribution in [1.29, 1.82) is 0 Å². The average Bonchev–Trinajstić information content (AvgIpc) is 3.18. The summed E-state index contributed by atoms with van der Waals surface area (Å²) in [6, 6.07) is 8.54. The van der Waals surface area contributed by atoms with Crippen LogP contribution >= 0.6 is 0 Å². The molecule has 1 heterocycles. The second-order valence-electron chi connectivity index (χ2n) is 7.54. The molecule has 2 N–H and O–H groups in total. The molecule has 1 aliphatic carbocycles. The molecule has 0 radical (unpaired) electrons. The number of imide groups is 1. The van der Waals surface area contributed by atoms with Crippen LogP contribution in [0.25, 0.3) is 11.8 Å². The van der Waals surface area contributed by atoms with Gasteiger partial charge in [-0.15, -0.1) is 5.10 Å². The van der Waals surface area contributed by atoms with Crippen molar-refractivity contribution >= 4 is 29.7 Å². The molecule has 3 rings (SSSR count). The molecular weight excluding hydrogens is 400 g/mol. The summed E-state index contributed by atoms with van der Waals surface area (Å²) < 4.78 is 6.34. The van der Waals surface area contributed by atoms with Crippen LogP contribution in [0.1, 0.15) is 44.0 Å². The van der Waals surface area contributed by atoms with Crippen LogP contribution < -0.4 is 10.6 Å². The second-order valence-corrected chi connectivity index (χ2v) is 7.54. The van der Waals surface area contributed by atoms with Crippen molar-refractivity contribution in [3.63, 3.8) is 0 Å². The Morgan fingerprint density at radius 3 is 2.61 bits per heavy atom. The second kappa shape index (κ2) is 10.5. The molecule has 2 aromatic rings. The molecule has 1 aromatic heterocycles. The van der Waals surface area contributed by atoms with Gasteiger partial charge in [-0.2, -0.15) is 4.68 Å². The first-order chi connectivity index (χ1) is 14.9. The van der Waals surface area contributed by atoms with Crippen molar-refractivity contribution in [1.82, 2.24) is 30.8 Å². The first-order valence-corrected chi connectivity index (χ1v) is 10.2. The van der Waals surface area contributed by atoms with E-state index < -0.39 is 24.5 Å². The van der Waals surface area contributed by atoms with Gasteiger partial charge in [0.25, 0.3) is 5.91 Å². The normalized spacial score (nSPS) is 18.8. The third-order valence-electron chi connectivity index (χ3n) is 5.18. The van der Waals surface area contributed by atoms with Gasteiger partial charge in [0, 0.05) is 6.04 Å². The first kappa shape index (κ1) is 22.1. The van der Waals surface area contributed by atoms with Gasteiger partial charge in [-0.05, 0) is 47.7 Å². The highest BCUT2D eigenvalue weighted by molar-refractivity contribution is 6.15. The lowest BCUT2D eigenvalue weighted by atomic mass is 9.86. The van der Waals surface area contributed by atoms with E-state index in [2.05, 4.69) is 33.1 Å². The van der Waals surface area contributed by atoms with Gasteiger partial charge in [-0.3, -0.25) is 10.1 Å². The first-order valence-electron chi connectivity index (χ1n) is 10.2. The van der Waals surface area contributed by atoms with Crippen LogP contribution in [0.3, 0.4) is 0 Å². The number of esters is 1. The van der Waals surface area contributed by atoms with Gasteiger partial charge in [0.05, 0.1) is 0 Å². The number of aromatic nitrogens is 4. The van der Waals surface area contributed by atoms with Crippen molar-refractivity contribution in [2.24, 2.45) is 5.92 Å². The SMILES string of the molecule is Cc1nnnn1C(=Cc1ccccc1)C(=O)OCC(=O)NC(=O)NC1CCCCC1C. The lowest BCUT2D eigenvalue weighted by molar-refractivity contribution is -0.142. The van der Waals surface area contributed by atoms with Crippen molar-refractivity contribution in [2.75, 3.05) is 6.61 Å². The number of benzene rings is 1. The predicted molar refractivity (Wildman–Crippen MR) is 112 cm³/mol. The van der Waals surface area contributed by atoms with Gasteiger partial charge >= 0.3 is 12.0 Å². The summed E-state index contributed by atoms with van der Waals surface area (Å²) in [7, 11) is 0. The maximum atomic E-state index is 12.7. The fraction of sp³-hybridized carbons (Fsp3) is 0.429. The van der Waals surface area contributed by atoms with E-state index in [1.807, 2.05) is 18.2 Å². The minimum Gasteiger partial charge on any atom is -0.451 e. The highest BCUT2D eigenvalue weighted by Crippen LogP contribution is 2.23. The molecule has 2 unspecified atom stereocenters. The van der Waals surface area contributed by atoms with Crippen LogP contribution in [-0.4, -0.2) is 50.8 Å². The van der Waals surface area contributed by atoms with Crippen molar-refractivity contribution < 1.29 is 19.1 Å². The highest BCUT2D eigenvalue weighted by Gasteiger charge is 2.24. The summed E-state index contributed by atoms with van der Waals surface area (Å²) in [5.41, 5.74) is 0.775. The smallest absolute Gasteiger partial charge is 0.357 e. The summed E-state index contributed by atoms with van der Waals surface area (Å²) in [6.45, 7) is 3.10. The van der Waals surface area contributed by atoms with E-state index in [1.165, 1.54) is 4.68 Å². The lowest BCUT2D eigenvalue weighted by Gasteiger charge is -2.29. The van der Waals surface area contributed by atoms with E-state index in [0.29, 0.717) is 11.7 Å². The van der Waals surface area contributed by atoms with Crippen LogP contribution in [0.5, 0.6) is 0 Å². The summed E-state index contributed by atoms with van der Waals surface area (Å²) in [6.07, 6.45) is 5.68. The number of urea groups is 1. The van der Waals surface area contributed by atoms with E-state index in [1.54, 1.807) is 25.1 Å². The maximum absolute atomic E-state index is 12.7. The van der Waals surface area contributed by atoms with Crippen LogP contribution in [0, 0.1) is 12.8 Å². The quantitative estimate of drug-likeness (QED) is 0.533. The number of carbonyl (C=O) groups is 3. The lowest BCUT2D eigenvalue weighted by Crippen LogP contribution is -2.48. The molecule has 3 amide bonds. The number of amides is 3. The Labute approximate surface area is 180 Å². The molecule has 10 heteroatoms. The molecule has 0 spiro atoms. The Morgan fingerprint density at radius 2 is 1.94 bits per heavy atom. The molecule has 2 atom stereocenters. The fourth-order valence-corrected chi connectivity index (χ4v) is 3.47. The van der Waals surface area contributed by atoms with Gasteiger partial charge in [0.2, 0.25) is 0 Å². The summed E-state index contributed by atoms with van der Waals surface area (Å²) in [5, 5.41) is 16.2.